The molecule has 0 saturated heterocycles. The first kappa shape index (κ1) is 11.5. The lowest BCUT2D eigenvalue weighted by Crippen LogP contribution is -2.24. The maximum atomic E-state index is 10.9. The van der Waals surface area contributed by atoms with Crippen molar-refractivity contribution < 1.29 is 9.90 Å². The van der Waals surface area contributed by atoms with Crippen LogP contribution in [0, 0.1) is 5.41 Å². The molecular weight excluding hydrogens is 224 g/mol. The van der Waals surface area contributed by atoms with Gasteiger partial charge in [-0.05, 0) is 41.9 Å². The molecule has 0 spiro atoms. The molecule has 0 heterocycles. The minimum atomic E-state index is -0.717. The molecule has 2 nitrogen and oxygen atoms in total. The van der Waals surface area contributed by atoms with E-state index in [1.54, 1.807) is 0 Å². The van der Waals surface area contributed by atoms with Crippen LogP contribution in [-0.2, 0) is 17.6 Å². The van der Waals surface area contributed by atoms with E-state index in [9.17, 15) is 4.79 Å². The molecular formula is C13H15ClO2. The Hall–Kier alpha value is -1.02. The summed E-state index contributed by atoms with van der Waals surface area (Å²) in [6.07, 6.45) is 2.75. The van der Waals surface area contributed by atoms with Crippen molar-refractivity contribution in [2.24, 2.45) is 5.41 Å². The van der Waals surface area contributed by atoms with Gasteiger partial charge in [0.05, 0.1) is 6.42 Å². The van der Waals surface area contributed by atoms with Crippen LogP contribution in [0.15, 0.2) is 18.2 Å². The minimum absolute atomic E-state index is 0.126. The van der Waals surface area contributed by atoms with Crippen LogP contribution in [0.25, 0.3) is 0 Å². The Bertz CT molecular complexity index is 428. The van der Waals surface area contributed by atoms with Crippen molar-refractivity contribution in [3.05, 3.63) is 34.3 Å². The molecule has 1 aromatic carbocycles. The molecule has 3 heteroatoms. The second-order valence-electron chi connectivity index (χ2n) is 4.66. The highest BCUT2D eigenvalue weighted by molar-refractivity contribution is 6.31. The molecule has 0 aromatic heterocycles. The van der Waals surface area contributed by atoms with E-state index in [2.05, 4.69) is 13.0 Å². The van der Waals surface area contributed by atoms with Crippen molar-refractivity contribution in [2.45, 2.75) is 32.6 Å². The van der Waals surface area contributed by atoms with Gasteiger partial charge in [0.1, 0.15) is 0 Å². The van der Waals surface area contributed by atoms with Crippen molar-refractivity contribution in [3.63, 3.8) is 0 Å². The number of carboxylic acids is 1. The molecule has 1 aromatic rings. The Kier molecular flexibility index (Phi) is 2.94. The highest BCUT2D eigenvalue weighted by atomic mass is 35.5. The van der Waals surface area contributed by atoms with E-state index in [0.29, 0.717) is 0 Å². The molecule has 1 aliphatic carbocycles. The first-order chi connectivity index (χ1) is 7.56. The van der Waals surface area contributed by atoms with Gasteiger partial charge in [-0.1, -0.05) is 30.7 Å². The largest absolute Gasteiger partial charge is 0.481 e. The molecule has 16 heavy (non-hydrogen) atoms. The van der Waals surface area contributed by atoms with E-state index in [-0.39, 0.29) is 11.8 Å². The third-order valence-electron chi connectivity index (χ3n) is 3.61. The van der Waals surface area contributed by atoms with Crippen molar-refractivity contribution in [1.29, 1.82) is 0 Å². The smallest absolute Gasteiger partial charge is 0.303 e. The highest BCUT2D eigenvalue weighted by Crippen LogP contribution is 2.44. The van der Waals surface area contributed by atoms with E-state index >= 15 is 0 Å². The summed E-state index contributed by atoms with van der Waals surface area (Å²) < 4.78 is 0. The second kappa shape index (κ2) is 4.10. The molecule has 2 rings (SSSR count). The standard InChI is InChI=1S/C13H15ClO2/c1-2-13(8-12(15)16)6-9-4-3-5-11(14)10(9)7-13/h3-5H,2,6-8H2,1H3,(H,15,16). The Morgan fingerprint density at radius 3 is 2.81 bits per heavy atom. The fourth-order valence-electron chi connectivity index (χ4n) is 2.63. The Morgan fingerprint density at radius 2 is 2.25 bits per heavy atom. The molecule has 0 radical (unpaired) electrons. The molecule has 0 amide bonds. The number of benzene rings is 1. The molecule has 1 unspecified atom stereocenters. The molecule has 1 atom stereocenters. The summed E-state index contributed by atoms with van der Waals surface area (Å²) in [7, 11) is 0. The van der Waals surface area contributed by atoms with Gasteiger partial charge in [-0.3, -0.25) is 4.79 Å². The fourth-order valence-corrected chi connectivity index (χ4v) is 2.89. The molecule has 86 valence electrons. The summed E-state index contributed by atoms with van der Waals surface area (Å²) in [6.45, 7) is 2.06. The lowest BCUT2D eigenvalue weighted by molar-refractivity contribution is -0.139. The van der Waals surface area contributed by atoms with E-state index in [4.69, 9.17) is 16.7 Å². The zero-order valence-corrected chi connectivity index (χ0v) is 10.0. The average molecular weight is 239 g/mol. The van der Waals surface area contributed by atoms with Gasteiger partial charge in [-0.2, -0.15) is 0 Å². The van der Waals surface area contributed by atoms with Crippen molar-refractivity contribution in [3.8, 4) is 0 Å². The number of aliphatic carboxylic acids is 1. The van der Waals surface area contributed by atoms with Crippen LogP contribution < -0.4 is 0 Å². The van der Waals surface area contributed by atoms with E-state index in [1.807, 2.05) is 12.1 Å². The van der Waals surface area contributed by atoms with Crippen LogP contribution in [0.5, 0.6) is 0 Å². The molecule has 0 saturated carbocycles. The monoisotopic (exact) mass is 238 g/mol. The predicted molar refractivity (Wildman–Crippen MR) is 63.8 cm³/mol. The van der Waals surface area contributed by atoms with Gasteiger partial charge in [0, 0.05) is 5.02 Å². The maximum Gasteiger partial charge on any atom is 0.303 e. The Balaban J connectivity index is 2.32. The number of halogens is 1. The number of rotatable bonds is 3. The van der Waals surface area contributed by atoms with Gasteiger partial charge in [0.25, 0.3) is 0 Å². The third kappa shape index (κ3) is 1.94. The number of fused-ring (bicyclic) bond motifs is 1. The summed E-state index contributed by atoms with van der Waals surface area (Å²) in [6, 6.07) is 5.88. The predicted octanol–water partition coefficient (Wildman–Crippen LogP) is 3.31. The van der Waals surface area contributed by atoms with Crippen molar-refractivity contribution >= 4 is 17.6 Å². The third-order valence-corrected chi connectivity index (χ3v) is 3.96. The van der Waals surface area contributed by atoms with E-state index in [1.165, 1.54) is 5.56 Å². The van der Waals surface area contributed by atoms with Gasteiger partial charge in [-0.15, -0.1) is 0 Å². The molecule has 1 aliphatic rings. The second-order valence-corrected chi connectivity index (χ2v) is 5.06. The first-order valence-corrected chi connectivity index (χ1v) is 5.92. The van der Waals surface area contributed by atoms with Crippen molar-refractivity contribution in [2.75, 3.05) is 0 Å². The van der Waals surface area contributed by atoms with Crippen LogP contribution in [0.4, 0.5) is 0 Å². The molecule has 1 N–H and O–H groups in total. The lowest BCUT2D eigenvalue weighted by Gasteiger charge is -2.25. The zero-order chi connectivity index (χ0) is 11.8. The SMILES string of the molecule is CCC1(CC(=O)O)Cc2cccc(Cl)c2C1. The van der Waals surface area contributed by atoms with Crippen LogP contribution in [0.2, 0.25) is 5.02 Å². The number of hydrogen-bond donors (Lipinski definition) is 1. The molecule has 0 fully saturated rings. The number of hydrogen-bond acceptors (Lipinski definition) is 1. The minimum Gasteiger partial charge on any atom is -0.481 e. The summed E-state index contributed by atoms with van der Waals surface area (Å²) in [5.41, 5.74) is 2.24. The molecule has 0 aliphatic heterocycles. The first-order valence-electron chi connectivity index (χ1n) is 5.54. The average Bonchev–Trinajstić information content (AvgIpc) is 2.58. The zero-order valence-electron chi connectivity index (χ0n) is 9.29. The number of carbonyl (C=O) groups is 1. The summed E-state index contributed by atoms with van der Waals surface area (Å²) in [4.78, 5) is 10.9. The normalized spacial score (nSPS) is 23.1. The highest BCUT2D eigenvalue weighted by Gasteiger charge is 2.38. The van der Waals surface area contributed by atoms with Gasteiger partial charge < -0.3 is 5.11 Å². The van der Waals surface area contributed by atoms with Crippen LogP contribution in [-0.4, -0.2) is 11.1 Å². The summed E-state index contributed by atoms with van der Waals surface area (Å²) >= 11 is 6.14. The van der Waals surface area contributed by atoms with Crippen molar-refractivity contribution in [1.82, 2.24) is 0 Å². The van der Waals surface area contributed by atoms with Crippen LogP contribution >= 0.6 is 11.6 Å². The van der Waals surface area contributed by atoms with Gasteiger partial charge in [-0.25, -0.2) is 0 Å². The topological polar surface area (TPSA) is 37.3 Å². The van der Waals surface area contributed by atoms with Gasteiger partial charge >= 0.3 is 5.97 Å². The summed E-state index contributed by atoms with van der Waals surface area (Å²) in [5, 5.41) is 9.76. The summed E-state index contributed by atoms with van der Waals surface area (Å²) in [5.74, 6) is -0.717. The molecule has 0 bridgehead atoms. The maximum absolute atomic E-state index is 10.9. The fraction of sp³-hybridized carbons (Fsp3) is 0.462. The quantitative estimate of drug-likeness (QED) is 0.877. The van der Waals surface area contributed by atoms with Gasteiger partial charge in [0.2, 0.25) is 0 Å². The number of carboxylic acid groups (broad SMARTS) is 1. The van der Waals surface area contributed by atoms with E-state index in [0.717, 1.165) is 29.8 Å². The lowest BCUT2D eigenvalue weighted by atomic mass is 9.79. The Morgan fingerprint density at radius 1 is 1.50 bits per heavy atom. The Labute approximate surface area is 100 Å². The van der Waals surface area contributed by atoms with Gasteiger partial charge in [0.15, 0.2) is 0 Å². The van der Waals surface area contributed by atoms with E-state index < -0.39 is 5.97 Å². The van der Waals surface area contributed by atoms with Crippen LogP contribution in [0.3, 0.4) is 0 Å². The van der Waals surface area contributed by atoms with Crippen LogP contribution in [0.1, 0.15) is 30.9 Å².